The van der Waals surface area contributed by atoms with Crippen molar-refractivity contribution >= 4 is 5.91 Å². The molecule has 1 heterocycles. The second-order valence-corrected chi connectivity index (χ2v) is 8.05. The second kappa shape index (κ2) is 8.47. The molecule has 3 aromatic rings. The minimum Gasteiger partial charge on any atom is -0.481 e. The molecule has 0 radical (unpaired) electrons. The number of hydrogen-bond acceptors (Lipinski definition) is 5. The van der Waals surface area contributed by atoms with Gasteiger partial charge < -0.3 is 14.2 Å². The highest BCUT2D eigenvalue weighted by Crippen LogP contribution is 2.22. The van der Waals surface area contributed by atoms with Gasteiger partial charge in [0, 0.05) is 11.1 Å². The van der Waals surface area contributed by atoms with Crippen LogP contribution >= 0.6 is 0 Å². The summed E-state index contributed by atoms with van der Waals surface area (Å²) in [6.07, 6.45) is -0.646. The van der Waals surface area contributed by atoms with Gasteiger partial charge in [-0.1, -0.05) is 47.6 Å². The topological polar surface area (TPSA) is 68.5 Å². The van der Waals surface area contributed by atoms with Gasteiger partial charge in [-0.05, 0) is 52.3 Å². The van der Waals surface area contributed by atoms with Crippen molar-refractivity contribution in [3.63, 3.8) is 0 Å². The Balaban J connectivity index is 1.76. The fourth-order valence-corrected chi connectivity index (χ4v) is 2.97. The number of aromatic nitrogens is 2. The summed E-state index contributed by atoms with van der Waals surface area (Å²) in [5, 5.41) is 4.05. The van der Waals surface area contributed by atoms with Crippen molar-refractivity contribution < 1.29 is 14.1 Å². The van der Waals surface area contributed by atoms with Crippen LogP contribution in [-0.4, -0.2) is 32.6 Å². The van der Waals surface area contributed by atoms with Gasteiger partial charge in [-0.2, -0.15) is 4.98 Å². The van der Waals surface area contributed by atoms with E-state index in [0.717, 1.165) is 11.1 Å². The van der Waals surface area contributed by atoms with Crippen LogP contribution in [0.15, 0.2) is 59.1 Å². The molecule has 0 saturated heterocycles. The number of ether oxygens (including phenoxy) is 1. The summed E-state index contributed by atoms with van der Waals surface area (Å²) in [5.74, 6) is 1.42. The first kappa shape index (κ1) is 20.6. The molecule has 152 valence electrons. The summed E-state index contributed by atoms with van der Waals surface area (Å²) in [7, 11) is 0. The summed E-state index contributed by atoms with van der Waals surface area (Å²) in [6, 6.07) is 17.3. The Morgan fingerprint density at radius 3 is 2.52 bits per heavy atom. The second-order valence-electron chi connectivity index (χ2n) is 8.05. The van der Waals surface area contributed by atoms with E-state index >= 15 is 0 Å². The largest absolute Gasteiger partial charge is 0.481 e. The lowest BCUT2D eigenvalue weighted by Gasteiger charge is -2.36. The van der Waals surface area contributed by atoms with Gasteiger partial charge in [0.05, 0.1) is 0 Å². The standard InChI is InChI=1S/C23H27N3O3/c1-16-10-9-13-19(14-16)28-17(2)22(27)26(23(3,4)5)15-20-24-21(25-29-20)18-11-7-6-8-12-18/h6-14,17H,15H2,1-5H3/t17-/m0/s1. The van der Waals surface area contributed by atoms with Gasteiger partial charge in [0.15, 0.2) is 6.10 Å². The Bertz CT molecular complexity index is 961. The maximum absolute atomic E-state index is 13.2. The van der Waals surface area contributed by atoms with Crippen molar-refractivity contribution in [2.45, 2.75) is 52.8 Å². The first-order valence-corrected chi connectivity index (χ1v) is 9.67. The third kappa shape index (κ3) is 5.22. The van der Waals surface area contributed by atoms with Crippen molar-refractivity contribution in [2.24, 2.45) is 0 Å². The Hall–Kier alpha value is -3.15. The van der Waals surface area contributed by atoms with E-state index in [4.69, 9.17) is 9.26 Å². The van der Waals surface area contributed by atoms with Crippen LogP contribution in [0.4, 0.5) is 0 Å². The minimum absolute atomic E-state index is 0.140. The fraction of sp³-hybridized carbons (Fsp3) is 0.348. The molecule has 1 amide bonds. The number of carbonyl (C=O) groups is 1. The molecule has 0 aliphatic carbocycles. The predicted molar refractivity (Wildman–Crippen MR) is 111 cm³/mol. The zero-order valence-corrected chi connectivity index (χ0v) is 17.5. The van der Waals surface area contributed by atoms with Crippen molar-refractivity contribution in [3.05, 3.63) is 66.1 Å². The molecule has 6 heteroatoms. The number of aryl methyl sites for hydroxylation is 1. The van der Waals surface area contributed by atoms with Crippen LogP contribution in [0.25, 0.3) is 11.4 Å². The predicted octanol–water partition coefficient (Wildman–Crippen LogP) is 4.64. The molecule has 0 saturated carbocycles. The Labute approximate surface area is 171 Å². The van der Waals surface area contributed by atoms with E-state index in [1.165, 1.54) is 0 Å². The summed E-state index contributed by atoms with van der Waals surface area (Å²) >= 11 is 0. The molecule has 1 atom stereocenters. The average Bonchev–Trinajstić information content (AvgIpc) is 3.14. The van der Waals surface area contributed by atoms with E-state index in [-0.39, 0.29) is 12.5 Å². The van der Waals surface area contributed by atoms with Crippen LogP contribution in [0, 0.1) is 6.92 Å². The Kier molecular flexibility index (Phi) is 6.01. The lowest BCUT2D eigenvalue weighted by Crippen LogP contribution is -2.50. The zero-order chi connectivity index (χ0) is 21.0. The first-order chi connectivity index (χ1) is 13.7. The third-order valence-electron chi connectivity index (χ3n) is 4.52. The molecule has 0 aliphatic heterocycles. The molecule has 6 nitrogen and oxygen atoms in total. The maximum atomic E-state index is 13.2. The molecular formula is C23H27N3O3. The van der Waals surface area contributed by atoms with Gasteiger partial charge in [0.25, 0.3) is 5.91 Å². The summed E-state index contributed by atoms with van der Waals surface area (Å²) in [5.41, 5.74) is 1.50. The van der Waals surface area contributed by atoms with Crippen LogP contribution in [0.5, 0.6) is 5.75 Å². The van der Waals surface area contributed by atoms with Crippen molar-refractivity contribution in [3.8, 4) is 17.1 Å². The van der Waals surface area contributed by atoms with E-state index in [1.54, 1.807) is 11.8 Å². The van der Waals surface area contributed by atoms with Crippen LogP contribution in [-0.2, 0) is 11.3 Å². The van der Waals surface area contributed by atoms with Crippen LogP contribution in [0.1, 0.15) is 39.1 Å². The molecule has 0 N–H and O–H groups in total. The number of benzene rings is 2. The number of rotatable bonds is 6. The highest BCUT2D eigenvalue weighted by atomic mass is 16.5. The quantitative estimate of drug-likeness (QED) is 0.610. The maximum Gasteiger partial charge on any atom is 0.264 e. The summed E-state index contributed by atoms with van der Waals surface area (Å²) in [6.45, 7) is 9.87. The molecule has 3 rings (SSSR count). The Morgan fingerprint density at radius 2 is 1.86 bits per heavy atom. The molecule has 29 heavy (non-hydrogen) atoms. The van der Waals surface area contributed by atoms with Crippen molar-refractivity contribution in [2.75, 3.05) is 0 Å². The molecule has 0 bridgehead atoms. The molecular weight excluding hydrogens is 366 g/mol. The van der Waals surface area contributed by atoms with Gasteiger partial charge in [0.1, 0.15) is 12.3 Å². The minimum atomic E-state index is -0.646. The van der Waals surface area contributed by atoms with E-state index < -0.39 is 11.6 Å². The number of carbonyl (C=O) groups excluding carboxylic acids is 1. The average molecular weight is 393 g/mol. The van der Waals surface area contributed by atoms with Gasteiger partial charge in [-0.15, -0.1) is 0 Å². The molecule has 1 aromatic heterocycles. The highest BCUT2D eigenvalue weighted by Gasteiger charge is 2.32. The lowest BCUT2D eigenvalue weighted by atomic mass is 10.0. The van der Waals surface area contributed by atoms with Gasteiger partial charge >= 0.3 is 0 Å². The van der Waals surface area contributed by atoms with Crippen LogP contribution in [0.2, 0.25) is 0 Å². The van der Waals surface area contributed by atoms with Gasteiger partial charge in [-0.3, -0.25) is 4.79 Å². The van der Waals surface area contributed by atoms with E-state index in [1.807, 2.05) is 82.3 Å². The normalized spacial score (nSPS) is 12.4. The van der Waals surface area contributed by atoms with Gasteiger partial charge in [-0.25, -0.2) is 0 Å². The van der Waals surface area contributed by atoms with E-state index in [0.29, 0.717) is 17.5 Å². The highest BCUT2D eigenvalue weighted by molar-refractivity contribution is 5.81. The first-order valence-electron chi connectivity index (χ1n) is 9.67. The van der Waals surface area contributed by atoms with Crippen LogP contribution < -0.4 is 4.74 Å². The molecule has 2 aromatic carbocycles. The zero-order valence-electron chi connectivity index (χ0n) is 17.5. The number of nitrogens with zero attached hydrogens (tertiary/aromatic N) is 3. The third-order valence-corrected chi connectivity index (χ3v) is 4.52. The number of amides is 1. The van der Waals surface area contributed by atoms with Crippen molar-refractivity contribution in [1.82, 2.24) is 15.0 Å². The van der Waals surface area contributed by atoms with Crippen molar-refractivity contribution in [1.29, 1.82) is 0 Å². The fourth-order valence-electron chi connectivity index (χ4n) is 2.97. The Morgan fingerprint density at radius 1 is 1.14 bits per heavy atom. The van der Waals surface area contributed by atoms with Crippen LogP contribution in [0.3, 0.4) is 0 Å². The SMILES string of the molecule is Cc1cccc(O[C@@H](C)C(=O)N(Cc2nc(-c3ccccc3)no2)C(C)(C)C)c1. The molecule has 0 spiro atoms. The molecule has 0 fully saturated rings. The summed E-state index contributed by atoms with van der Waals surface area (Å²) in [4.78, 5) is 19.3. The smallest absolute Gasteiger partial charge is 0.264 e. The van der Waals surface area contributed by atoms with E-state index in [2.05, 4.69) is 10.1 Å². The molecule has 0 aliphatic rings. The van der Waals surface area contributed by atoms with Gasteiger partial charge in [0.2, 0.25) is 11.7 Å². The molecule has 0 unspecified atom stereocenters. The lowest BCUT2D eigenvalue weighted by molar-refractivity contribution is -0.144. The number of hydrogen-bond donors (Lipinski definition) is 0. The summed E-state index contributed by atoms with van der Waals surface area (Å²) < 4.78 is 11.3. The van der Waals surface area contributed by atoms with E-state index in [9.17, 15) is 4.79 Å². The monoisotopic (exact) mass is 393 g/mol.